The van der Waals surface area contributed by atoms with Gasteiger partial charge in [-0.3, -0.25) is 0 Å². The van der Waals surface area contributed by atoms with Crippen molar-refractivity contribution in [3.63, 3.8) is 0 Å². The molecule has 0 aliphatic carbocycles. The van der Waals surface area contributed by atoms with E-state index in [1.54, 1.807) is 20.8 Å². The molecule has 1 aromatic heterocycles. The lowest BCUT2D eigenvalue weighted by atomic mass is 10.1. The van der Waals surface area contributed by atoms with E-state index in [-0.39, 0.29) is 24.9 Å². The molecule has 0 spiro atoms. The summed E-state index contributed by atoms with van der Waals surface area (Å²) >= 11 is 0.699. The van der Waals surface area contributed by atoms with Crippen LogP contribution in [0, 0.1) is 0 Å². The van der Waals surface area contributed by atoms with Crippen LogP contribution >= 0.6 is 11.7 Å². The second-order valence-corrected chi connectivity index (χ2v) is 5.91. The lowest BCUT2D eigenvalue weighted by Gasteiger charge is -2.27. The number of anilines is 1. The predicted molar refractivity (Wildman–Crippen MR) is 82.2 cm³/mol. The average molecular weight is 322 g/mol. The first-order valence-electron chi connectivity index (χ1n) is 9.47. The fraction of sp³-hybridized carbons (Fsp3) is 0.846. The number of β-amino-alcohol motifs (C(OH)–C–C–N with tert-alkyl or cyclic N) is 1. The summed E-state index contributed by atoms with van der Waals surface area (Å²) in [4.78, 5) is 0.802. The topological polar surface area (TPSA) is 79.7 Å². The quantitative estimate of drug-likeness (QED) is 0.789. The van der Waals surface area contributed by atoms with Crippen LogP contribution in [-0.2, 0) is 4.74 Å². The van der Waals surface area contributed by atoms with Gasteiger partial charge in [-0.1, -0.05) is 0 Å². The summed E-state index contributed by atoms with van der Waals surface area (Å²) in [7, 11) is 0. The van der Waals surface area contributed by atoms with Gasteiger partial charge in [0.1, 0.15) is 12.7 Å². The molecule has 1 atom stereocenters. The van der Waals surface area contributed by atoms with Crippen LogP contribution in [0.4, 0.5) is 5.82 Å². The van der Waals surface area contributed by atoms with Crippen molar-refractivity contribution in [3.05, 3.63) is 0 Å². The standard InChI is InChI=1S/C13H24N4O3S/c1-13(2,3)14-8-10(18)9-20-12-11(15-21-16-12)17-4-6-19-7-5-17/h10,14,18H,4-9H2,1-3H3/t10-/m0/s1/i4D2,5D2,8D2. The van der Waals surface area contributed by atoms with Crippen molar-refractivity contribution in [1.82, 2.24) is 14.1 Å². The maximum atomic E-state index is 10.2. The molecule has 0 bridgehead atoms. The van der Waals surface area contributed by atoms with Crippen molar-refractivity contribution in [2.75, 3.05) is 44.2 Å². The zero-order valence-corrected chi connectivity index (χ0v) is 13.0. The molecule has 2 heterocycles. The molecule has 1 aliphatic heterocycles. The molecule has 1 saturated heterocycles. The van der Waals surface area contributed by atoms with Gasteiger partial charge >= 0.3 is 0 Å². The van der Waals surface area contributed by atoms with E-state index in [0.29, 0.717) is 11.7 Å². The minimum absolute atomic E-state index is 0.158. The van der Waals surface area contributed by atoms with E-state index >= 15 is 0 Å². The highest BCUT2D eigenvalue weighted by Gasteiger charge is 2.21. The van der Waals surface area contributed by atoms with Crippen LogP contribution in [0.25, 0.3) is 0 Å². The molecule has 1 aliphatic rings. The Bertz CT molecular complexity index is 638. The van der Waals surface area contributed by atoms with Gasteiger partial charge in [0.25, 0.3) is 5.88 Å². The lowest BCUT2D eigenvalue weighted by Crippen LogP contribution is -2.42. The molecule has 0 saturated carbocycles. The van der Waals surface area contributed by atoms with Gasteiger partial charge in [0.05, 0.1) is 30.4 Å². The zero-order valence-electron chi connectivity index (χ0n) is 18.2. The van der Waals surface area contributed by atoms with Gasteiger partial charge in [0, 0.05) is 27.8 Å². The Kier molecular flexibility index (Phi) is 3.48. The highest BCUT2D eigenvalue weighted by molar-refractivity contribution is 6.99. The Labute approximate surface area is 138 Å². The molecule has 120 valence electrons. The third kappa shape index (κ3) is 5.39. The number of morpholine rings is 1. The number of aliphatic hydroxyl groups is 1. The molecule has 8 heteroatoms. The summed E-state index contributed by atoms with van der Waals surface area (Å²) in [6.45, 7) is -2.45. The predicted octanol–water partition coefficient (Wildman–Crippen LogP) is 0.502. The van der Waals surface area contributed by atoms with E-state index in [0.717, 1.165) is 4.90 Å². The first kappa shape index (κ1) is 9.94. The lowest BCUT2D eigenvalue weighted by molar-refractivity contribution is 0.0975. The first-order chi connectivity index (χ1) is 12.2. The maximum absolute atomic E-state index is 10.2. The van der Waals surface area contributed by atoms with E-state index in [2.05, 4.69) is 14.1 Å². The minimum Gasteiger partial charge on any atom is -0.472 e. The molecule has 0 radical (unpaired) electrons. The van der Waals surface area contributed by atoms with Gasteiger partial charge in [-0.2, -0.15) is 4.37 Å². The van der Waals surface area contributed by atoms with Gasteiger partial charge in [0.2, 0.25) is 5.82 Å². The maximum Gasteiger partial charge on any atom is 0.270 e. The highest BCUT2D eigenvalue weighted by atomic mass is 32.1. The summed E-state index contributed by atoms with van der Waals surface area (Å²) in [6.07, 6.45) is -1.55. The van der Waals surface area contributed by atoms with Crippen molar-refractivity contribution in [3.8, 4) is 5.88 Å². The molecule has 7 nitrogen and oxygen atoms in total. The van der Waals surface area contributed by atoms with Crippen molar-refractivity contribution in [1.29, 1.82) is 0 Å². The monoisotopic (exact) mass is 322 g/mol. The van der Waals surface area contributed by atoms with Crippen LogP contribution < -0.4 is 15.0 Å². The third-order valence-electron chi connectivity index (χ3n) is 2.30. The molecule has 0 aromatic carbocycles. The van der Waals surface area contributed by atoms with E-state index in [9.17, 15) is 5.11 Å². The molecular formula is C13H24N4O3S. The Hall–Kier alpha value is -0.960. The Morgan fingerprint density at radius 3 is 2.90 bits per heavy atom. The van der Waals surface area contributed by atoms with Crippen molar-refractivity contribution >= 4 is 17.5 Å². The number of nitrogens with zero attached hydrogens (tertiary/aromatic N) is 3. The summed E-state index contributed by atoms with van der Waals surface area (Å²) < 4.78 is 66.1. The average Bonchev–Trinajstić information content (AvgIpc) is 2.87. The van der Waals surface area contributed by atoms with Crippen LogP contribution in [0.15, 0.2) is 0 Å². The number of hydrogen-bond donors (Lipinski definition) is 2. The molecule has 2 rings (SSSR count). The first-order valence-corrected chi connectivity index (χ1v) is 7.20. The number of ether oxygens (including phenoxy) is 2. The SMILES string of the molecule is [2H]C([2H])(NC(C)(C)C)[C@H](O)COc1nsnc1N1C([2H])([2H])COCC1([2H])[2H]. The fourth-order valence-corrected chi connectivity index (χ4v) is 1.87. The Balaban J connectivity index is 2.15. The number of nitrogens with one attached hydrogen (secondary N) is 1. The minimum atomic E-state index is -2.18. The van der Waals surface area contributed by atoms with Crippen LogP contribution in [0.2, 0.25) is 0 Å². The fourth-order valence-electron chi connectivity index (χ4n) is 1.38. The van der Waals surface area contributed by atoms with Gasteiger partial charge < -0.3 is 24.8 Å². The summed E-state index contributed by atoms with van der Waals surface area (Å²) in [5, 5.41) is 12.8. The van der Waals surface area contributed by atoms with E-state index in [1.165, 1.54) is 0 Å². The molecule has 1 aromatic rings. The second kappa shape index (κ2) is 7.35. The zero-order chi connectivity index (χ0) is 20.7. The molecular weight excluding hydrogens is 292 g/mol. The summed E-state index contributed by atoms with van der Waals surface area (Å²) in [5.41, 5.74) is -0.586. The molecule has 0 amide bonds. The van der Waals surface area contributed by atoms with Crippen LogP contribution in [0.3, 0.4) is 0 Å². The van der Waals surface area contributed by atoms with Gasteiger partial charge in [-0.05, 0) is 20.8 Å². The Morgan fingerprint density at radius 1 is 1.52 bits per heavy atom. The van der Waals surface area contributed by atoms with Gasteiger partial charge in [0.15, 0.2) is 0 Å². The number of aliphatic hydroxyl groups excluding tert-OH is 1. The van der Waals surface area contributed by atoms with E-state index in [4.69, 9.17) is 17.7 Å². The number of rotatable bonds is 6. The van der Waals surface area contributed by atoms with Crippen LogP contribution in [-0.4, -0.2) is 64.8 Å². The third-order valence-corrected chi connectivity index (χ3v) is 2.80. The van der Waals surface area contributed by atoms with E-state index in [1.807, 2.05) is 0 Å². The number of hydrogen-bond acceptors (Lipinski definition) is 8. The smallest absolute Gasteiger partial charge is 0.270 e. The van der Waals surface area contributed by atoms with E-state index < -0.39 is 37.7 Å². The molecule has 1 fully saturated rings. The largest absolute Gasteiger partial charge is 0.472 e. The summed E-state index contributed by atoms with van der Waals surface area (Å²) in [6, 6.07) is 0. The van der Waals surface area contributed by atoms with Gasteiger partial charge in [-0.15, -0.1) is 4.37 Å². The van der Waals surface area contributed by atoms with Crippen molar-refractivity contribution in [2.45, 2.75) is 32.4 Å². The second-order valence-electron chi connectivity index (χ2n) is 5.38. The van der Waals surface area contributed by atoms with Crippen molar-refractivity contribution < 1.29 is 22.8 Å². The summed E-state index contributed by atoms with van der Waals surface area (Å²) in [5.74, 6) is -0.338. The van der Waals surface area contributed by atoms with Gasteiger partial charge in [-0.25, -0.2) is 0 Å². The normalized spacial score (nSPS) is 27.5. The highest BCUT2D eigenvalue weighted by Crippen LogP contribution is 2.26. The molecule has 21 heavy (non-hydrogen) atoms. The molecule has 0 unspecified atom stereocenters. The molecule has 2 N–H and O–H groups in total. The Morgan fingerprint density at radius 2 is 2.24 bits per heavy atom. The number of aromatic nitrogens is 2. The van der Waals surface area contributed by atoms with Crippen LogP contribution in [0.5, 0.6) is 5.88 Å². The van der Waals surface area contributed by atoms with Crippen molar-refractivity contribution in [2.24, 2.45) is 0 Å². The van der Waals surface area contributed by atoms with Crippen LogP contribution in [0.1, 0.15) is 29.0 Å².